The monoisotopic (exact) mass is 353 g/mol. The molecule has 1 fully saturated rings. The molecule has 0 spiro atoms. The zero-order valence-corrected chi connectivity index (χ0v) is 15.1. The molecule has 0 unspecified atom stereocenters. The van der Waals surface area contributed by atoms with Crippen LogP contribution in [0.15, 0.2) is 36.5 Å². The minimum absolute atomic E-state index is 0.0172. The summed E-state index contributed by atoms with van der Waals surface area (Å²) in [4.78, 5) is 36.7. The molecule has 1 aromatic heterocycles. The number of ketones is 1. The lowest BCUT2D eigenvalue weighted by Gasteiger charge is -2.33. The highest BCUT2D eigenvalue weighted by Gasteiger charge is 2.22. The van der Waals surface area contributed by atoms with Crippen molar-refractivity contribution in [1.82, 2.24) is 19.8 Å². The lowest BCUT2D eigenvalue weighted by atomic mass is 10.1. The molecule has 2 aromatic rings. The molecule has 1 aliphatic rings. The van der Waals surface area contributed by atoms with Crippen LogP contribution < -0.4 is 5.32 Å². The van der Waals surface area contributed by atoms with Gasteiger partial charge in [0.05, 0.1) is 0 Å². The number of nitrogens with zero attached hydrogens (tertiary/aromatic N) is 4. The molecule has 7 heteroatoms. The minimum Gasteiger partial charge on any atom is -0.335 e. The summed E-state index contributed by atoms with van der Waals surface area (Å²) in [7, 11) is 0. The topological polar surface area (TPSA) is 78.4 Å². The third-order valence-corrected chi connectivity index (χ3v) is 4.53. The molecule has 0 aliphatic carbocycles. The second-order valence-electron chi connectivity index (χ2n) is 6.25. The van der Waals surface area contributed by atoms with E-state index in [1.54, 1.807) is 36.5 Å². The van der Waals surface area contributed by atoms with Crippen LogP contribution in [0.1, 0.15) is 34.7 Å². The van der Waals surface area contributed by atoms with Crippen molar-refractivity contribution in [2.75, 3.05) is 38.0 Å². The number of hydrogen-bond donors (Lipinski definition) is 1. The molecular formula is C19H23N5O2. The van der Waals surface area contributed by atoms with Crippen molar-refractivity contribution in [3.05, 3.63) is 47.8 Å². The van der Waals surface area contributed by atoms with E-state index < -0.39 is 0 Å². The van der Waals surface area contributed by atoms with Gasteiger partial charge in [0.25, 0.3) is 5.91 Å². The SMILES string of the molecule is CCN1CCN(C(=O)c2ccnc(Nc3ccc(C(C)=O)cc3)n2)CC1. The van der Waals surface area contributed by atoms with E-state index in [9.17, 15) is 9.59 Å². The van der Waals surface area contributed by atoms with E-state index in [2.05, 4.69) is 27.1 Å². The van der Waals surface area contributed by atoms with Gasteiger partial charge in [0, 0.05) is 43.6 Å². The van der Waals surface area contributed by atoms with E-state index in [0.717, 1.165) is 25.3 Å². The van der Waals surface area contributed by atoms with Crippen molar-refractivity contribution in [2.24, 2.45) is 0 Å². The van der Waals surface area contributed by atoms with Crippen LogP contribution >= 0.6 is 0 Å². The van der Waals surface area contributed by atoms with Gasteiger partial charge in [0.1, 0.15) is 5.69 Å². The van der Waals surface area contributed by atoms with Gasteiger partial charge in [-0.1, -0.05) is 6.92 Å². The molecule has 26 heavy (non-hydrogen) atoms. The number of Topliss-reactive ketones (excluding diaryl/α,β-unsaturated/α-hetero) is 1. The third kappa shape index (κ3) is 4.23. The molecule has 0 bridgehead atoms. The van der Waals surface area contributed by atoms with Crippen LogP contribution in [0.3, 0.4) is 0 Å². The Morgan fingerprint density at radius 1 is 1.08 bits per heavy atom. The maximum atomic E-state index is 12.7. The Hall–Kier alpha value is -2.80. The number of carbonyl (C=O) groups is 2. The smallest absolute Gasteiger partial charge is 0.272 e. The van der Waals surface area contributed by atoms with Crippen LogP contribution in [0, 0.1) is 0 Å². The van der Waals surface area contributed by atoms with Crippen molar-refractivity contribution in [1.29, 1.82) is 0 Å². The molecule has 3 rings (SSSR count). The first-order valence-electron chi connectivity index (χ1n) is 8.79. The lowest BCUT2D eigenvalue weighted by molar-refractivity contribution is 0.0637. The quantitative estimate of drug-likeness (QED) is 0.830. The molecule has 1 N–H and O–H groups in total. The van der Waals surface area contributed by atoms with Gasteiger partial charge >= 0.3 is 0 Å². The summed E-state index contributed by atoms with van der Waals surface area (Å²) in [5.41, 5.74) is 1.79. The standard InChI is InChI=1S/C19H23N5O2/c1-3-23-10-12-24(13-11-23)18(26)17-8-9-20-19(22-17)21-16-6-4-15(5-7-16)14(2)25/h4-9H,3,10-13H2,1-2H3,(H,20,21,22). The number of rotatable bonds is 5. The number of piperazine rings is 1. The molecule has 2 heterocycles. The summed E-state index contributed by atoms with van der Waals surface area (Å²) in [6.07, 6.45) is 1.58. The first-order valence-corrected chi connectivity index (χ1v) is 8.79. The summed E-state index contributed by atoms with van der Waals surface area (Å²) < 4.78 is 0. The van der Waals surface area contributed by atoms with Crippen LogP contribution in [0.5, 0.6) is 0 Å². The highest BCUT2D eigenvalue weighted by molar-refractivity contribution is 5.94. The van der Waals surface area contributed by atoms with Crippen molar-refractivity contribution in [2.45, 2.75) is 13.8 Å². The zero-order valence-electron chi connectivity index (χ0n) is 15.1. The highest BCUT2D eigenvalue weighted by Crippen LogP contribution is 2.15. The van der Waals surface area contributed by atoms with Gasteiger partial charge in [-0.15, -0.1) is 0 Å². The van der Waals surface area contributed by atoms with Crippen LogP contribution in [0.4, 0.5) is 11.6 Å². The second-order valence-corrected chi connectivity index (χ2v) is 6.25. The van der Waals surface area contributed by atoms with Crippen molar-refractivity contribution >= 4 is 23.3 Å². The second kappa shape index (κ2) is 8.05. The molecule has 1 aliphatic heterocycles. The van der Waals surface area contributed by atoms with Crippen molar-refractivity contribution in [3.8, 4) is 0 Å². The Morgan fingerprint density at radius 3 is 2.38 bits per heavy atom. The summed E-state index contributed by atoms with van der Waals surface area (Å²) in [6.45, 7) is 7.87. The number of carbonyl (C=O) groups excluding carboxylic acids is 2. The Labute approximate surface area is 153 Å². The Kier molecular flexibility index (Phi) is 5.58. The Balaban J connectivity index is 1.68. The number of aromatic nitrogens is 2. The van der Waals surface area contributed by atoms with E-state index in [1.165, 1.54) is 6.92 Å². The van der Waals surface area contributed by atoms with Gasteiger partial charge in [-0.3, -0.25) is 9.59 Å². The Morgan fingerprint density at radius 2 is 1.77 bits per heavy atom. The van der Waals surface area contributed by atoms with Crippen LogP contribution in [0.2, 0.25) is 0 Å². The molecule has 0 saturated carbocycles. The number of likely N-dealkylation sites (N-methyl/N-ethyl adjacent to an activating group) is 1. The third-order valence-electron chi connectivity index (χ3n) is 4.53. The van der Waals surface area contributed by atoms with Crippen molar-refractivity contribution < 1.29 is 9.59 Å². The Bertz CT molecular complexity index is 783. The van der Waals surface area contributed by atoms with Gasteiger partial charge in [-0.05, 0) is 43.8 Å². The molecule has 136 valence electrons. The van der Waals surface area contributed by atoms with E-state index in [0.29, 0.717) is 30.3 Å². The van der Waals surface area contributed by atoms with E-state index >= 15 is 0 Å². The molecule has 1 amide bonds. The predicted octanol–water partition coefficient (Wildman–Crippen LogP) is 2.20. The number of anilines is 2. The maximum absolute atomic E-state index is 12.7. The normalized spacial score (nSPS) is 14.9. The zero-order chi connectivity index (χ0) is 18.5. The number of amides is 1. The first kappa shape index (κ1) is 18.0. The number of hydrogen-bond acceptors (Lipinski definition) is 6. The fourth-order valence-corrected chi connectivity index (χ4v) is 2.88. The first-order chi connectivity index (χ1) is 12.6. The van der Waals surface area contributed by atoms with Gasteiger partial charge in [-0.25, -0.2) is 9.97 Å². The van der Waals surface area contributed by atoms with E-state index in [4.69, 9.17) is 0 Å². The fraction of sp³-hybridized carbons (Fsp3) is 0.368. The average Bonchev–Trinajstić information content (AvgIpc) is 2.68. The largest absolute Gasteiger partial charge is 0.335 e. The maximum Gasteiger partial charge on any atom is 0.272 e. The minimum atomic E-state index is -0.0712. The van der Waals surface area contributed by atoms with Crippen molar-refractivity contribution in [3.63, 3.8) is 0 Å². The van der Waals surface area contributed by atoms with Crippen LogP contribution in [-0.4, -0.2) is 64.2 Å². The van der Waals surface area contributed by atoms with Gasteiger partial charge < -0.3 is 15.1 Å². The summed E-state index contributed by atoms with van der Waals surface area (Å²) in [6, 6.07) is 8.70. The predicted molar refractivity (Wildman–Crippen MR) is 99.8 cm³/mol. The highest BCUT2D eigenvalue weighted by atomic mass is 16.2. The van der Waals surface area contributed by atoms with Gasteiger partial charge in [0.15, 0.2) is 5.78 Å². The van der Waals surface area contributed by atoms with E-state index in [-0.39, 0.29) is 11.7 Å². The lowest BCUT2D eigenvalue weighted by Crippen LogP contribution is -2.48. The van der Waals surface area contributed by atoms with Crippen LogP contribution in [0.25, 0.3) is 0 Å². The summed E-state index contributed by atoms with van der Waals surface area (Å²) >= 11 is 0. The number of nitrogens with one attached hydrogen (secondary N) is 1. The summed E-state index contributed by atoms with van der Waals surface area (Å²) in [5.74, 6) is 0.306. The molecular weight excluding hydrogens is 330 g/mol. The van der Waals surface area contributed by atoms with E-state index in [1.807, 2.05) is 4.90 Å². The average molecular weight is 353 g/mol. The molecule has 1 aromatic carbocycles. The molecule has 1 saturated heterocycles. The van der Waals surface area contributed by atoms with Crippen LogP contribution in [-0.2, 0) is 0 Å². The molecule has 7 nitrogen and oxygen atoms in total. The molecule has 0 atom stereocenters. The fourth-order valence-electron chi connectivity index (χ4n) is 2.88. The van der Waals surface area contributed by atoms with Gasteiger partial charge in [0.2, 0.25) is 5.95 Å². The van der Waals surface area contributed by atoms with Gasteiger partial charge in [-0.2, -0.15) is 0 Å². The number of benzene rings is 1. The molecule has 0 radical (unpaired) electrons. The summed E-state index contributed by atoms with van der Waals surface area (Å²) in [5, 5.41) is 3.07.